The number of thioether (sulfide) groups is 2. The number of amides is 1. The van der Waals surface area contributed by atoms with Gasteiger partial charge in [-0.05, 0) is 98.7 Å². The van der Waals surface area contributed by atoms with Gasteiger partial charge in [0.15, 0.2) is 0 Å². The van der Waals surface area contributed by atoms with Crippen molar-refractivity contribution in [3.63, 3.8) is 0 Å². The zero-order chi connectivity index (χ0) is 29.2. The van der Waals surface area contributed by atoms with E-state index in [1.165, 1.54) is 23.9 Å². The average molecular weight is 592 g/mol. The van der Waals surface area contributed by atoms with Gasteiger partial charge in [-0.3, -0.25) is 19.5 Å². The molecule has 41 heavy (non-hydrogen) atoms. The van der Waals surface area contributed by atoms with E-state index < -0.39 is 0 Å². The predicted molar refractivity (Wildman–Crippen MR) is 170 cm³/mol. The molecule has 1 fully saturated rings. The summed E-state index contributed by atoms with van der Waals surface area (Å²) in [6.45, 7) is 2.87. The van der Waals surface area contributed by atoms with Crippen molar-refractivity contribution in [2.24, 2.45) is 0 Å². The molecule has 1 aromatic heterocycles. The van der Waals surface area contributed by atoms with Crippen LogP contribution >= 0.6 is 23.5 Å². The number of nitrogens with zero attached hydrogens (tertiary/aromatic N) is 2. The second-order valence-corrected chi connectivity index (χ2v) is 12.8. The van der Waals surface area contributed by atoms with E-state index in [4.69, 9.17) is 0 Å². The molecule has 3 unspecified atom stereocenters. The third kappa shape index (κ3) is 9.28. The number of rotatable bonds is 12. The summed E-state index contributed by atoms with van der Waals surface area (Å²) < 4.78 is 13.3. The Bertz CT molecular complexity index is 1330. The van der Waals surface area contributed by atoms with E-state index in [1.54, 1.807) is 48.4 Å². The summed E-state index contributed by atoms with van der Waals surface area (Å²) in [7, 11) is 2.08. The number of carbonyl (C=O) groups excluding carboxylic acids is 2. The van der Waals surface area contributed by atoms with Crippen molar-refractivity contribution in [3.05, 3.63) is 107 Å². The van der Waals surface area contributed by atoms with Crippen LogP contribution in [0.25, 0.3) is 6.08 Å². The topological polar surface area (TPSA) is 62.3 Å². The first-order valence-electron chi connectivity index (χ1n) is 14.0. The highest BCUT2D eigenvalue weighted by Crippen LogP contribution is 2.30. The van der Waals surface area contributed by atoms with Crippen LogP contribution in [0, 0.1) is 5.82 Å². The Morgan fingerprint density at radius 1 is 1.17 bits per heavy atom. The maximum atomic E-state index is 13.4. The number of hydrogen-bond acceptors (Lipinski definition) is 6. The van der Waals surface area contributed by atoms with Crippen LogP contribution in [-0.4, -0.2) is 63.8 Å². The van der Waals surface area contributed by atoms with Crippen molar-refractivity contribution in [2.45, 2.75) is 49.9 Å². The zero-order valence-electron chi connectivity index (χ0n) is 23.9. The Labute approximate surface area is 251 Å². The van der Waals surface area contributed by atoms with Crippen LogP contribution in [-0.2, 0) is 12.8 Å². The molecule has 0 bridgehead atoms. The van der Waals surface area contributed by atoms with Crippen LogP contribution < -0.4 is 5.32 Å². The fourth-order valence-corrected chi connectivity index (χ4v) is 6.69. The summed E-state index contributed by atoms with van der Waals surface area (Å²) in [6.07, 6.45) is 12.8. The third-order valence-electron chi connectivity index (χ3n) is 7.35. The molecule has 0 radical (unpaired) electrons. The lowest BCUT2D eigenvalue weighted by Gasteiger charge is -2.17. The molecule has 1 aliphatic rings. The summed E-state index contributed by atoms with van der Waals surface area (Å²) in [5.74, 6) is 0.678. The van der Waals surface area contributed by atoms with Gasteiger partial charge in [0.1, 0.15) is 5.82 Å². The molecule has 0 aliphatic carbocycles. The van der Waals surface area contributed by atoms with Crippen molar-refractivity contribution in [1.82, 2.24) is 15.2 Å². The van der Waals surface area contributed by atoms with E-state index in [1.807, 2.05) is 19.1 Å². The highest BCUT2D eigenvalue weighted by Gasteiger charge is 2.30. The molecule has 216 valence electrons. The summed E-state index contributed by atoms with van der Waals surface area (Å²) in [4.78, 5) is 32.4. The zero-order valence-corrected chi connectivity index (χ0v) is 25.5. The van der Waals surface area contributed by atoms with E-state index >= 15 is 0 Å². The number of nitrogens with one attached hydrogen (secondary N) is 1. The van der Waals surface area contributed by atoms with Crippen molar-refractivity contribution >= 4 is 40.6 Å². The second kappa shape index (κ2) is 15.3. The number of hydrogen-bond donors (Lipinski definition) is 1. The van der Waals surface area contributed by atoms with Gasteiger partial charge in [-0.1, -0.05) is 48.2 Å². The molecule has 3 aromatic rings. The maximum Gasteiger partial charge on any atom is 0.251 e. The van der Waals surface area contributed by atoms with Gasteiger partial charge in [0, 0.05) is 47.4 Å². The molecule has 4 rings (SSSR count). The molecule has 5 nitrogen and oxygen atoms in total. The largest absolute Gasteiger partial charge is 0.350 e. The predicted octanol–water partition coefficient (Wildman–Crippen LogP) is 6.54. The molecule has 2 heterocycles. The Balaban J connectivity index is 1.45. The van der Waals surface area contributed by atoms with Gasteiger partial charge in [0.2, 0.25) is 5.12 Å². The smallest absolute Gasteiger partial charge is 0.251 e. The number of aryl methyl sites for hydroxylation is 2. The number of carbonyl (C=O) groups is 2. The fraction of sp³-hybridized carbons (Fsp3) is 0.364. The van der Waals surface area contributed by atoms with Gasteiger partial charge < -0.3 is 5.32 Å². The van der Waals surface area contributed by atoms with Gasteiger partial charge in [-0.15, -0.1) is 0 Å². The first kappa shape index (κ1) is 31.0. The molecule has 8 heteroatoms. The van der Waals surface area contributed by atoms with Crippen molar-refractivity contribution in [1.29, 1.82) is 0 Å². The minimum atomic E-state index is -0.248. The van der Waals surface area contributed by atoms with Crippen molar-refractivity contribution in [2.75, 3.05) is 25.6 Å². The molecule has 0 spiro atoms. The van der Waals surface area contributed by atoms with Crippen molar-refractivity contribution < 1.29 is 14.0 Å². The normalized spacial score (nSPS) is 18.0. The summed E-state index contributed by atoms with van der Waals surface area (Å²) in [5.41, 5.74) is 4.29. The highest BCUT2D eigenvalue weighted by molar-refractivity contribution is 8.14. The molecule has 2 aromatic carbocycles. The third-order valence-corrected chi connectivity index (χ3v) is 9.12. The average Bonchev–Trinajstić information content (AvgIpc) is 3.33. The molecule has 1 N–H and O–H groups in total. The minimum absolute atomic E-state index is 0.0553. The Kier molecular flexibility index (Phi) is 11.6. The van der Waals surface area contributed by atoms with Gasteiger partial charge >= 0.3 is 0 Å². The lowest BCUT2D eigenvalue weighted by atomic mass is 9.96. The minimum Gasteiger partial charge on any atom is -0.350 e. The van der Waals surface area contributed by atoms with Crippen molar-refractivity contribution in [3.8, 4) is 0 Å². The van der Waals surface area contributed by atoms with Crippen LogP contribution in [0.1, 0.15) is 57.2 Å². The van der Waals surface area contributed by atoms with Crippen LogP contribution in [0.5, 0.6) is 0 Å². The summed E-state index contributed by atoms with van der Waals surface area (Å²) >= 11 is 3.16. The number of likely N-dealkylation sites (tertiary alicyclic amines) is 1. The van der Waals surface area contributed by atoms with Crippen LogP contribution in [0.15, 0.2) is 73.1 Å². The first-order valence-corrected chi connectivity index (χ1v) is 16.3. The monoisotopic (exact) mass is 591 g/mol. The quantitative estimate of drug-likeness (QED) is 0.258. The second-order valence-electron chi connectivity index (χ2n) is 10.6. The molecule has 1 aliphatic heterocycles. The maximum absolute atomic E-state index is 13.4. The molecular weight excluding hydrogens is 554 g/mol. The van der Waals surface area contributed by atoms with Gasteiger partial charge in [-0.2, -0.15) is 11.8 Å². The van der Waals surface area contributed by atoms with E-state index in [0.29, 0.717) is 17.5 Å². The van der Waals surface area contributed by atoms with Crippen LogP contribution in [0.4, 0.5) is 4.39 Å². The summed E-state index contributed by atoms with van der Waals surface area (Å²) in [5, 5.41) is 3.44. The first-order chi connectivity index (χ1) is 19.8. The highest BCUT2D eigenvalue weighted by atomic mass is 32.2. The molecular formula is C33H38FN3O2S2. The van der Waals surface area contributed by atoms with Crippen LogP contribution in [0.3, 0.4) is 0 Å². The molecule has 1 amide bonds. The number of halogens is 1. The standard InChI is InChI=1S/C33H38FN3O2S2/c1-23(16-18-40-3)36-32(38)31-19-25(7-12-26(31)11-6-24-8-13-28(34)14-9-24)10-15-29-20-30(22-37(29)2)41-33(39)27-5-4-17-35-21-27/h4-5,7-10,12-15,17,19,21,23,29-30H,6,11,16,18,20,22H2,1-3H3,(H,36,38)/b15-10+. The Hall–Kier alpha value is -2.94. The molecule has 1 saturated heterocycles. The number of likely N-dealkylation sites (N-methyl/N-ethyl adjacent to an activating group) is 1. The Morgan fingerprint density at radius 2 is 1.98 bits per heavy atom. The van der Waals surface area contributed by atoms with E-state index in [2.05, 4.69) is 46.7 Å². The lowest BCUT2D eigenvalue weighted by molar-refractivity contribution is 0.0938. The van der Waals surface area contributed by atoms with E-state index in [-0.39, 0.29) is 34.2 Å². The van der Waals surface area contributed by atoms with Crippen LogP contribution in [0.2, 0.25) is 0 Å². The van der Waals surface area contributed by atoms with Gasteiger partial charge in [0.25, 0.3) is 5.91 Å². The number of benzene rings is 2. The van der Waals surface area contributed by atoms with E-state index in [9.17, 15) is 14.0 Å². The SMILES string of the molecule is CSCCC(C)NC(=O)c1cc(/C=C/C2CC(SC(=O)c3cccnc3)CN2C)ccc1CCc1ccc(F)cc1. The Morgan fingerprint density at radius 3 is 2.71 bits per heavy atom. The van der Waals surface area contributed by atoms with Gasteiger partial charge in [0.05, 0.1) is 0 Å². The fourth-order valence-electron chi connectivity index (χ4n) is 4.94. The van der Waals surface area contributed by atoms with Gasteiger partial charge in [-0.25, -0.2) is 4.39 Å². The lowest BCUT2D eigenvalue weighted by Crippen LogP contribution is -2.33. The number of pyridine rings is 1. The summed E-state index contributed by atoms with van der Waals surface area (Å²) in [6, 6.07) is 16.5. The number of aromatic nitrogens is 1. The van der Waals surface area contributed by atoms with E-state index in [0.717, 1.165) is 48.3 Å². The molecule has 3 atom stereocenters. The molecule has 0 saturated carbocycles.